The Morgan fingerprint density at radius 1 is 1.35 bits per heavy atom. The van der Waals surface area contributed by atoms with Gasteiger partial charge in [0.1, 0.15) is 5.69 Å². The second kappa shape index (κ2) is 4.97. The van der Waals surface area contributed by atoms with Crippen molar-refractivity contribution in [1.82, 2.24) is 14.6 Å². The first-order valence-corrected chi connectivity index (χ1v) is 8.33. The van der Waals surface area contributed by atoms with Crippen LogP contribution in [0.5, 0.6) is 0 Å². The number of hydrogen-bond donors (Lipinski definition) is 0. The SMILES string of the molecule is O=Cc1cccc2nc(CC3CCCCS3(=O)=O)nn12. The van der Waals surface area contributed by atoms with Gasteiger partial charge in [-0.3, -0.25) is 4.79 Å². The lowest BCUT2D eigenvalue weighted by atomic mass is 10.1. The molecule has 106 valence electrons. The van der Waals surface area contributed by atoms with Gasteiger partial charge in [-0.1, -0.05) is 12.5 Å². The fourth-order valence-corrected chi connectivity index (χ4v) is 4.47. The quantitative estimate of drug-likeness (QED) is 0.790. The standard InChI is InChI=1S/C13H15N3O3S/c17-9-10-4-3-6-13-14-12(15-16(10)13)8-11-5-1-2-7-20(11,18)19/h3-4,6,9,11H,1-2,5,7-8H2. The molecule has 20 heavy (non-hydrogen) atoms. The van der Waals surface area contributed by atoms with E-state index < -0.39 is 15.1 Å². The Labute approximate surface area is 116 Å². The lowest BCUT2D eigenvalue weighted by molar-refractivity contribution is 0.111. The fourth-order valence-electron chi connectivity index (χ4n) is 2.60. The van der Waals surface area contributed by atoms with E-state index in [-0.39, 0.29) is 5.75 Å². The Morgan fingerprint density at radius 2 is 2.20 bits per heavy atom. The third kappa shape index (κ3) is 2.33. The zero-order valence-electron chi connectivity index (χ0n) is 10.9. The van der Waals surface area contributed by atoms with Gasteiger partial charge in [-0.15, -0.1) is 0 Å². The maximum atomic E-state index is 12.0. The predicted octanol–water partition coefficient (Wildman–Crippen LogP) is 1.05. The monoisotopic (exact) mass is 293 g/mol. The highest BCUT2D eigenvalue weighted by Gasteiger charge is 2.30. The molecule has 0 N–H and O–H groups in total. The lowest BCUT2D eigenvalue weighted by Crippen LogP contribution is -2.30. The van der Waals surface area contributed by atoms with Crippen molar-refractivity contribution in [3.8, 4) is 0 Å². The van der Waals surface area contributed by atoms with Crippen LogP contribution in [0.25, 0.3) is 5.65 Å². The first-order chi connectivity index (χ1) is 9.60. The number of hydrogen-bond acceptors (Lipinski definition) is 5. The van der Waals surface area contributed by atoms with Crippen LogP contribution in [0.3, 0.4) is 0 Å². The van der Waals surface area contributed by atoms with Crippen molar-refractivity contribution in [2.24, 2.45) is 0 Å². The van der Waals surface area contributed by atoms with E-state index in [2.05, 4.69) is 10.1 Å². The van der Waals surface area contributed by atoms with E-state index in [1.807, 2.05) is 0 Å². The molecule has 1 saturated heterocycles. The highest BCUT2D eigenvalue weighted by molar-refractivity contribution is 7.92. The predicted molar refractivity (Wildman–Crippen MR) is 73.5 cm³/mol. The molecule has 1 fully saturated rings. The van der Waals surface area contributed by atoms with Gasteiger partial charge in [-0.2, -0.15) is 5.10 Å². The van der Waals surface area contributed by atoms with Crippen molar-refractivity contribution in [2.75, 3.05) is 5.75 Å². The Bertz CT molecular complexity index is 751. The van der Waals surface area contributed by atoms with E-state index in [4.69, 9.17) is 0 Å². The normalized spacial score (nSPS) is 21.9. The summed E-state index contributed by atoms with van der Waals surface area (Å²) in [4.78, 5) is 15.2. The molecule has 1 unspecified atom stereocenters. The van der Waals surface area contributed by atoms with Crippen LogP contribution < -0.4 is 0 Å². The van der Waals surface area contributed by atoms with Crippen LogP contribution in [0.4, 0.5) is 0 Å². The molecule has 3 heterocycles. The molecule has 0 bridgehead atoms. The summed E-state index contributed by atoms with van der Waals surface area (Å²) in [6.45, 7) is 0. The van der Waals surface area contributed by atoms with Gasteiger partial charge < -0.3 is 0 Å². The zero-order valence-corrected chi connectivity index (χ0v) is 11.7. The topological polar surface area (TPSA) is 81.4 Å². The maximum Gasteiger partial charge on any atom is 0.168 e. The van der Waals surface area contributed by atoms with E-state index in [1.165, 1.54) is 4.52 Å². The van der Waals surface area contributed by atoms with Gasteiger partial charge in [0.05, 0.1) is 11.0 Å². The maximum absolute atomic E-state index is 12.0. The molecule has 2 aromatic rings. The number of fused-ring (bicyclic) bond motifs is 1. The Kier molecular flexibility index (Phi) is 3.29. The molecular formula is C13H15N3O3S. The third-order valence-electron chi connectivity index (χ3n) is 3.68. The van der Waals surface area contributed by atoms with Gasteiger partial charge in [-0.05, 0) is 25.0 Å². The fraction of sp³-hybridized carbons (Fsp3) is 0.462. The molecule has 0 spiro atoms. The van der Waals surface area contributed by atoms with Crippen LogP contribution in [0.15, 0.2) is 18.2 Å². The van der Waals surface area contributed by atoms with E-state index in [1.54, 1.807) is 18.2 Å². The molecule has 0 amide bonds. The number of rotatable bonds is 3. The highest BCUT2D eigenvalue weighted by Crippen LogP contribution is 2.22. The number of carbonyl (C=O) groups excluding carboxylic acids is 1. The van der Waals surface area contributed by atoms with Crippen molar-refractivity contribution in [2.45, 2.75) is 30.9 Å². The lowest BCUT2D eigenvalue weighted by Gasteiger charge is -2.20. The molecule has 0 saturated carbocycles. The Hall–Kier alpha value is -1.76. The number of nitrogens with zero attached hydrogens (tertiary/aromatic N) is 3. The van der Waals surface area contributed by atoms with E-state index >= 15 is 0 Å². The first-order valence-electron chi connectivity index (χ1n) is 6.61. The van der Waals surface area contributed by atoms with Gasteiger partial charge in [0.15, 0.2) is 27.6 Å². The largest absolute Gasteiger partial charge is 0.296 e. The summed E-state index contributed by atoms with van der Waals surface area (Å²) in [6.07, 6.45) is 3.37. The average molecular weight is 293 g/mol. The summed E-state index contributed by atoms with van der Waals surface area (Å²) in [5, 5.41) is 3.86. The number of carbonyl (C=O) groups is 1. The summed E-state index contributed by atoms with van der Waals surface area (Å²) >= 11 is 0. The van der Waals surface area contributed by atoms with Crippen LogP contribution in [-0.2, 0) is 16.3 Å². The zero-order chi connectivity index (χ0) is 14.2. The molecule has 0 radical (unpaired) electrons. The molecule has 3 rings (SSSR count). The van der Waals surface area contributed by atoms with Crippen LogP contribution in [0.1, 0.15) is 35.6 Å². The van der Waals surface area contributed by atoms with Gasteiger partial charge in [0, 0.05) is 6.42 Å². The highest BCUT2D eigenvalue weighted by atomic mass is 32.2. The van der Waals surface area contributed by atoms with Crippen LogP contribution in [0, 0.1) is 0 Å². The number of aldehydes is 1. The Balaban J connectivity index is 1.93. The minimum atomic E-state index is -3.03. The van der Waals surface area contributed by atoms with Gasteiger partial charge >= 0.3 is 0 Å². The Morgan fingerprint density at radius 3 is 2.95 bits per heavy atom. The summed E-state index contributed by atoms with van der Waals surface area (Å²) in [7, 11) is -3.03. The summed E-state index contributed by atoms with van der Waals surface area (Å²) < 4.78 is 25.5. The second-order valence-corrected chi connectivity index (χ2v) is 7.46. The minimum Gasteiger partial charge on any atom is -0.296 e. The third-order valence-corrected chi connectivity index (χ3v) is 5.95. The van der Waals surface area contributed by atoms with Crippen molar-refractivity contribution in [3.63, 3.8) is 0 Å². The first kappa shape index (κ1) is 13.2. The second-order valence-electron chi connectivity index (χ2n) is 5.06. The van der Waals surface area contributed by atoms with Crippen LogP contribution in [-0.4, -0.2) is 40.3 Å². The molecule has 6 nitrogen and oxygen atoms in total. The summed E-state index contributed by atoms with van der Waals surface area (Å²) in [5.41, 5.74) is 0.977. The van der Waals surface area contributed by atoms with E-state index in [0.29, 0.717) is 36.3 Å². The van der Waals surface area contributed by atoms with Crippen molar-refractivity contribution < 1.29 is 13.2 Å². The molecule has 0 aromatic carbocycles. The van der Waals surface area contributed by atoms with E-state index in [9.17, 15) is 13.2 Å². The molecule has 7 heteroatoms. The minimum absolute atomic E-state index is 0.255. The molecule has 2 aromatic heterocycles. The number of pyridine rings is 1. The van der Waals surface area contributed by atoms with Crippen molar-refractivity contribution in [3.05, 3.63) is 29.7 Å². The van der Waals surface area contributed by atoms with Gasteiger partial charge in [-0.25, -0.2) is 17.9 Å². The van der Waals surface area contributed by atoms with Crippen molar-refractivity contribution in [1.29, 1.82) is 0 Å². The smallest absolute Gasteiger partial charge is 0.168 e. The summed E-state index contributed by atoms with van der Waals surface area (Å²) in [6, 6.07) is 5.13. The average Bonchev–Trinajstić information content (AvgIpc) is 2.83. The molecule has 1 aliphatic rings. The van der Waals surface area contributed by atoms with Crippen molar-refractivity contribution >= 4 is 21.8 Å². The molecule has 0 aliphatic carbocycles. The van der Waals surface area contributed by atoms with Gasteiger partial charge in [0.2, 0.25) is 0 Å². The number of sulfone groups is 1. The van der Waals surface area contributed by atoms with E-state index in [0.717, 1.165) is 12.8 Å². The number of aromatic nitrogens is 3. The van der Waals surface area contributed by atoms with Crippen LogP contribution in [0.2, 0.25) is 0 Å². The molecule has 1 aliphatic heterocycles. The molecular weight excluding hydrogens is 278 g/mol. The van der Waals surface area contributed by atoms with Crippen LogP contribution >= 0.6 is 0 Å². The van der Waals surface area contributed by atoms with Gasteiger partial charge in [0.25, 0.3) is 0 Å². The molecule has 1 atom stereocenters. The summed E-state index contributed by atoms with van der Waals surface area (Å²) in [5.74, 6) is 0.736.